The molecule has 2 rings (SSSR count). The van der Waals surface area contributed by atoms with Gasteiger partial charge in [0.1, 0.15) is 11.5 Å². The standard InChI is InChI=1S/C16H17ClO/c1-3-13-6-9-16(12(2)10-13)18-15-7-4-14(11-17)5-8-15/h4-10H,3,11H2,1-2H3. The quantitative estimate of drug-likeness (QED) is 0.696. The van der Waals surface area contributed by atoms with E-state index in [1.54, 1.807) is 0 Å². The van der Waals surface area contributed by atoms with Crippen LogP contribution in [0.1, 0.15) is 23.6 Å². The van der Waals surface area contributed by atoms with Gasteiger partial charge in [-0.05, 0) is 48.2 Å². The molecule has 2 heteroatoms. The van der Waals surface area contributed by atoms with Gasteiger partial charge in [-0.25, -0.2) is 0 Å². The monoisotopic (exact) mass is 260 g/mol. The largest absolute Gasteiger partial charge is 0.457 e. The molecule has 0 bridgehead atoms. The Labute approximate surface area is 113 Å². The van der Waals surface area contributed by atoms with E-state index in [4.69, 9.17) is 16.3 Å². The highest BCUT2D eigenvalue weighted by molar-refractivity contribution is 6.17. The van der Waals surface area contributed by atoms with Gasteiger partial charge in [0.05, 0.1) is 0 Å². The van der Waals surface area contributed by atoms with Crippen LogP contribution >= 0.6 is 11.6 Å². The number of alkyl halides is 1. The van der Waals surface area contributed by atoms with Crippen molar-refractivity contribution >= 4 is 11.6 Å². The molecule has 0 fully saturated rings. The first-order valence-corrected chi connectivity index (χ1v) is 6.68. The Morgan fingerprint density at radius 1 is 1.00 bits per heavy atom. The molecule has 2 aromatic carbocycles. The Kier molecular flexibility index (Phi) is 4.27. The lowest BCUT2D eigenvalue weighted by Gasteiger charge is -2.10. The lowest BCUT2D eigenvalue weighted by molar-refractivity contribution is 0.478. The van der Waals surface area contributed by atoms with E-state index < -0.39 is 0 Å². The van der Waals surface area contributed by atoms with Crippen molar-refractivity contribution in [1.82, 2.24) is 0 Å². The van der Waals surface area contributed by atoms with Crippen molar-refractivity contribution in [3.63, 3.8) is 0 Å². The van der Waals surface area contributed by atoms with Gasteiger partial charge in [0.15, 0.2) is 0 Å². The molecule has 0 unspecified atom stereocenters. The molecule has 0 spiro atoms. The van der Waals surface area contributed by atoms with Crippen LogP contribution in [0.2, 0.25) is 0 Å². The highest BCUT2D eigenvalue weighted by atomic mass is 35.5. The van der Waals surface area contributed by atoms with Crippen molar-refractivity contribution in [3.8, 4) is 11.5 Å². The first kappa shape index (κ1) is 13.0. The van der Waals surface area contributed by atoms with E-state index in [1.807, 2.05) is 30.3 Å². The minimum atomic E-state index is 0.532. The number of benzene rings is 2. The van der Waals surface area contributed by atoms with E-state index in [-0.39, 0.29) is 0 Å². The molecular formula is C16H17ClO. The minimum absolute atomic E-state index is 0.532. The molecule has 0 heterocycles. The number of hydrogen-bond acceptors (Lipinski definition) is 1. The summed E-state index contributed by atoms with van der Waals surface area (Å²) < 4.78 is 5.87. The van der Waals surface area contributed by atoms with E-state index >= 15 is 0 Å². The fourth-order valence-electron chi connectivity index (χ4n) is 1.82. The summed E-state index contributed by atoms with van der Waals surface area (Å²) in [5.41, 5.74) is 3.59. The second kappa shape index (κ2) is 5.92. The van der Waals surface area contributed by atoms with Crippen LogP contribution in [-0.4, -0.2) is 0 Å². The van der Waals surface area contributed by atoms with Crippen molar-refractivity contribution in [2.75, 3.05) is 0 Å². The van der Waals surface area contributed by atoms with Crippen LogP contribution in [0.4, 0.5) is 0 Å². The third-order valence-corrected chi connectivity index (χ3v) is 3.26. The predicted octanol–water partition coefficient (Wildman–Crippen LogP) is 5.09. The molecular weight excluding hydrogens is 244 g/mol. The normalized spacial score (nSPS) is 10.4. The second-order valence-corrected chi connectivity index (χ2v) is 4.60. The second-order valence-electron chi connectivity index (χ2n) is 4.33. The summed E-state index contributed by atoms with van der Waals surface area (Å²) in [6.45, 7) is 4.22. The molecule has 2 aromatic rings. The van der Waals surface area contributed by atoms with Crippen LogP contribution < -0.4 is 4.74 Å². The average molecular weight is 261 g/mol. The Hall–Kier alpha value is -1.47. The average Bonchev–Trinajstić information content (AvgIpc) is 2.42. The zero-order valence-electron chi connectivity index (χ0n) is 10.7. The Morgan fingerprint density at radius 3 is 2.22 bits per heavy atom. The summed E-state index contributed by atoms with van der Waals surface area (Å²) in [4.78, 5) is 0. The summed E-state index contributed by atoms with van der Waals surface area (Å²) >= 11 is 5.76. The zero-order chi connectivity index (χ0) is 13.0. The maximum Gasteiger partial charge on any atom is 0.130 e. The van der Waals surface area contributed by atoms with E-state index in [1.165, 1.54) is 5.56 Å². The molecule has 94 valence electrons. The number of rotatable bonds is 4. The SMILES string of the molecule is CCc1ccc(Oc2ccc(CCl)cc2)c(C)c1. The van der Waals surface area contributed by atoms with Crippen LogP contribution in [0, 0.1) is 6.92 Å². The van der Waals surface area contributed by atoms with Crippen molar-refractivity contribution in [2.24, 2.45) is 0 Å². The highest BCUT2D eigenvalue weighted by Gasteiger charge is 2.02. The maximum atomic E-state index is 5.87. The van der Waals surface area contributed by atoms with Gasteiger partial charge in [-0.1, -0.05) is 31.2 Å². The van der Waals surface area contributed by atoms with Gasteiger partial charge < -0.3 is 4.74 Å². The summed E-state index contributed by atoms with van der Waals surface area (Å²) in [5.74, 6) is 2.28. The maximum absolute atomic E-state index is 5.87. The third kappa shape index (κ3) is 3.05. The molecule has 0 aliphatic heterocycles. The predicted molar refractivity (Wildman–Crippen MR) is 76.6 cm³/mol. The van der Waals surface area contributed by atoms with Crippen LogP contribution in [0.15, 0.2) is 42.5 Å². The van der Waals surface area contributed by atoms with Gasteiger partial charge in [-0.2, -0.15) is 0 Å². The first-order chi connectivity index (χ1) is 8.72. The number of ether oxygens (including phenoxy) is 1. The molecule has 0 radical (unpaired) electrons. The summed E-state index contributed by atoms with van der Waals surface area (Å²) in [6, 6.07) is 14.2. The van der Waals surface area contributed by atoms with Crippen molar-refractivity contribution < 1.29 is 4.74 Å². The molecule has 0 aliphatic carbocycles. The van der Waals surface area contributed by atoms with Gasteiger partial charge in [-0.15, -0.1) is 11.6 Å². The molecule has 0 saturated carbocycles. The van der Waals surface area contributed by atoms with Crippen molar-refractivity contribution in [1.29, 1.82) is 0 Å². The van der Waals surface area contributed by atoms with Gasteiger partial charge in [-0.3, -0.25) is 0 Å². The van der Waals surface area contributed by atoms with Gasteiger partial charge in [0, 0.05) is 5.88 Å². The number of hydrogen-bond donors (Lipinski definition) is 0. The van der Waals surface area contributed by atoms with Crippen LogP contribution in [0.25, 0.3) is 0 Å². The molecule has 1 nitrogen and oxygen atoms in total. The van der Waals surface area contributed by atoms with Gasteiger partial charge in [0.25, 0.3) is 0 Å². The van der Waals surface area contributed by atoms with Crippen LogP contribution in [0.5, 0.6) is 11.5 Å². The molecule has 18 heavy (non-hydrogen) atoms. The summed E-state index contributed by atoms with van der Waals surface area (Å²) in [5, 5.41) is 0. The molecule has 0 amide bonds. The number of aryl methyl sites for hydroxylation is 2. The van der Waals surface area contributed by atoms with Crippen molar-refractivity contribution in [2.45, 2.75) is 26.1 Å². The van der Waals surface area contributed by atoms with E-state index in [0.717, 1.165) is 29.0 Å². The lowest BCUT2D eigenvalue weighted by atomic mass is 10.1. The zero-order valence-corrected chi connectivity index (χ0v) is 11.5. The Balaban J connectivity index is 2.17. The van der Waals surface area contributed by atoms with Crippen LogP contribution in [0.3, 0.4) is 0 Å². The van der Waals surface area contributed by atoms with Crippen molar-refractivity contribution in [3.05, 3.63) is 59.2 Å². The van der Waals surface area contributed by atoms with E-state index in [2.05, 4.69) is 26.0 Å². The fraction of sp³-hybridized carbons (Fsp3) is 0.250. The molecule has 0 aromatic heterocycles. The summed E-state index contributed by atoms with van der Waals surface area (Å²) in [7, 11) is 0. The van der Waals surface area contributed by atoms with Gasteiger partial charge >= 0.3 is 0 Å². The lowest BCUT2D eigenvalue weighted by Crippen LogP contribution is -1.90. The summed E-state index contributed by atoms with van der Waals surface area (Å²) in [6.07, 6.45) is 1.05. The molecule has 0 saturated heterocycles. The minimum Gasteiger partial charge on any atom is -0.457 e. The molecule has 0 N–H and O–H groups in total. The fourth-order valence-corrected chi connectivity index (χ4v) is 2.00. The first-order valence-electron chi connectivity index (χ1n) is 6.15. The third-order valence-electron chi connectivity index (χ3n) is 2.95. The Bertz CT molecular complexity index is 517. The van der Waals surface area contributed by atoms with E-state index in [0.29, 0.717) is 5.88 Å². The smallest absolute Gasteiger partial charge is 0.130 e. The molecule has 0 aliphatic rings. The van der Waals surface area contributed by atoms with Gasteiger partial charge in [0.2, 0.25) is 0 Å². The Morgan fingerprint density at radius 2 is 1.67 bits per heavy atom. The highest BCUT2D eigenvalue weighted by Crippen LogP contribution is 2.26. The van der Waals surface area contributed by atoms with Crippen LogP contribution in [-0.2, 0) is 12.3 Å². The number of halogens is 1. The molecule has 0 atom stereocenters. The van der Waals surface area contributed by atoms with E-state index in [9.17, 15) is 0 Å². The topological polar surface area (TPSA) is 9.23 Å².